The van der Waals surface area contributed by atoms with Gasteiger partial charge in [0, 0.05) is 38.5 Å². The van der Waals surface area contributed by atoms with Gasteiger partial charge < -0.3 is 15.4 Å². The molecular formula is C33H28ClN5O3S. The number of aryl methyl sites for hydroxylation is 2. The van der Waals surface area contributed by atoms with Gasteiger partial charge >= 0.3 is 0 Å². The molecule has 8 nitrogen and oxygen atoms in total. The molecule has 0 fully saturated rings. The first-order chi connectivity index (χ1) is 20.8. The quantitative estimate of drug-likeness (QED) is 0.112. The standard InChI is InChI=1S/C33H28ClN5O3S/c1-21-7-14-28(17-22(21)2)36-31(40)19-42-30-6-4-3-5-25(30)18-35-39-32(41)24-10-8-23(9-11-24)29-20-43-33(38-29)37-27-15-12-26(34)13-16-27/h3-18,20H,19H2,1-2H3,(H,36,40)(H,37,38)(H,39,41)/b35-18-. The van der Waals surface area contributed by atoms with E-state index in [4.69, 9.17) is 16.3 Å². The van der Waals surface area contributed by atoms with E-state index in [-0.39, 0.29) is 18.4 Å². The number of ether oxygens (including phenoxy) is 1. The predicted octanol–water partition coefficient (Wildman–Crippen LogP) is 7.61. The summed E-state index contributed by atoms with van der Waals surface area (Å²) in [7, 11) is 0. The van der Waals surface area contributed by atoms with Gasteiger partial charge in [0.25, 0.3) is 11.8 Å². The molecule has 0 radical (unpaired) electrons. The minimum atomic E-state index is -0.364. The number of nitrogens with zero attached hydrogens (tertiary/aromatic N) is 2. The van der Waals surface area contributed by atoms with Gasteiger partial charge in [0.05, 0.1) is 11.9 Å². The smallest absolute Gasteiger partial charge is 0.271 e. The van der Waals surface area contributed by atoms with Gasteiger partial charge in [0.15, 0.2) is 11.7 Å². The van der Waals surface area contributed by atoms with Crippen LogP contribution in [0.3, 0.4) is 0 Å². The van der Waals surface area contributed by atoms with Crippen LogP contribution >= 0.6 is 22.9 Å². The number of thiazole rings is 1. The Morgan fingerprint density at radius 1 is 0.930 bits per heavy atom. The fourth-order valence-corrected chi connectivity index (χ4v) is 4.88. The molecule has 0 saturated carbocycles. The minimum Gasteiger partial charge on any atom is -0.483 e. The van der Waals surface area contributed by atoms with Crippen LogP contribution in [0.2, 0.25) is 5.02 Å². The van der Waals surface area contributed by atoms with Gasteiger partial charge in [-0.1, -0.05) is 41.9 Å². The number of halogens is 1. The van der Waals surface area contributed by atoms with Crippen molar-refractivity contribution in [2.75, 3.05) is 17.2 Å². The fourth-order valence-electron chi connectivity index (χ4n) is 4.02. The van der Waals surface area contributed by atoms with Crippen molar-refractivity contribution in [2.45, 2.75) is 13.8 Å². The summed E-state index contributed by atoms with van der Waals surface area (Å²) in [6, 6.07) is 27.4. The zero-order valence-electron chi connectivity index (χ0n) is 23.4. The molecule has 0 atom stereocenters. The number of hydrazone groups is 1. The topological polar surface area (TPSA) is 105 Å². The van der Waals surface area contributed by atoms with Crippen molar-refractivity contribution in [1.82, 2.24) is 10.4 Å². The maximum absolute atomic E-state index is 12.7. The van der Waals surface area contributed by atoms with Crippen LogP contribution in [0.1, 0.15) is 27.0 Å². The molecule has 0 bridgehead atoms. The van der Waals surface area contributed by atoms with E-state index in [9.17, 15) is 9.59 Å². The molecule has 3 N–H and O–H groups in total. The lowest BCUT2D eigenvalue weighted by Crippen LogP contribution is -2.20. The van der Waals surface area contributed by atoms with Gasteiger partial charge in [-0.3, -0.25) is 9.59 Å². The molecule has 4 aromatic carbocycles. The summed E-state index contributed by atoms with van der Waals surface area (Å²) in [5.41, 5.74) is 9.13. The highest BCUT2D eigenvalue weighted by Gasteiger charge is 2.10. The van der Waals surface area contributed by atoms with Gasteiger partial charge in [0.1, 0.15) is 5.75 Å². The summed E-state index contributed by atoms with van der Waals surface area (Å²) in [4.78, 5) is 29.7. The minimum absolute atomic E-state index is 0.172. The van der Waals surface area contributed by atoms with E-state index in [0.29, 0.717) is 27.6 Å². The number of benzene rings is 4. The maximum Gasteiger partial charge on any atom is 0.271 e. The molecule has 5 aromatic rings. The number of carbonyl (C=O) groups excluding carboxylic acids is 2. The normalized spacial score (nSPS) is 10.9. The predicted molar refractivity (Wildman–Crippen MR) is 174 cm³/mol. The van der Waals surface area contributed by atoms with Crippen molar-refractivity contribution >= 4 is 57.5 Å². The maximum atomic E-state index is 12.7. The van der Waals surface area contributed by atoms with Crippen molar-refractivity contribution in [1.29, 1.82) is 0 Å². The third-order valence-corrected chi connectivity index (χ3v) is 7.49. The molecule has 2 amide bonds. The van der Waals surface area contributed by atoms with E-state index in [1.54, 1.807) is 30.3 Å². The van der Waals surface area contributed by atoms with Crippen LogP contribution in [0, 0.1) is 13.8 Å². The van der Waals surface area contributed by atoms with Crippen LogP contribution in [0.4, 0.5) is 16.5 Å². The number of rotatable bonds is 10. The number of aromatic nitrogens is 1. The molecule has 0 spiro atoms. The molecular weight excluding hydrogens is 582 g/mol. The first-order valence-corrected chi connectivity index (χ1v) is 14.6. The van der Waals surface area contributed by atoms with E-state index in [2.05, 4.69) is 26.1 Å². The summed E-state index contributed by atoms with van der Waals surface area (Å²) in [5.74, 6) is -0.177. The van der Waals surface area contributed by atoms with Gasteiger partial charge in [-0.2, -0.15) is 5.10 Å². The Bertz CT molecular complexity index is 1770. The van der Waals surface area contributed by atoms with Gasteiger partial charge in [-0.05, 0) is 85.6 Å². The van der Waals surface area contributed by atoms with Gasteiger partial charge in [-0.15, -0.1) is 11.3 Å². The van der Waals surface area contributed by atoms with Gasteiger partial charge in [0.2, 0.25) is 0 Å². The van der Waals surface area contributed by atoms with Crippen molar-refractivity contribution in [3.63, 3.8) is 0 Å². The Labute approximate surface area is 258 Å². The Morgan fingerprint density at radius 3 is 2.44 bits per heavy atom. The summed E-state index contributed by atoms with van der Waals surface area (Å²) in [6.45, 7) is 3.84. The Balaban J connectivity index is 1.14. The fraction of sp³-hybridized carbons (Fsp3) is 0.0909. The molecule has 10 heteroatoms. The number of para-hydroxylation sites is 1. The monoisotopic (exact) mass is 609 g/mol. The second kappa shape index (κ2) is 13.8. The van der Waals surface area contributed by atoms with E-state index >= 15 is 0 Å². The van der Waals surface area contributed by atoms with Crippen LogP contribution in [-0.2, 0) is 4.79 Å². The second-order valence-electron chi connectivity index (χ2n) is 9.62. The SMILES string of the molecule is Cc1ccc(NC(=O)COc2ccccc2/C=N\NC(=O)c2ccc(-c3csc(Nc4ccc(Cl)cc4)n3)cc2)cc1C. The zero-order valence-corrected chi connectivity index (χ0v) is 25.0. The molecule has 1 aromatic heterocycles. The molecule has 1 heterocycles. The van der Waals surface area contributed by atoms with Crippen LogP contribution < -0.4 is 20.8 Å². The molecule has 5 rings (SSSR count). The molecule has 216 valence electrons. The molecule has 0 aliphatic carbocycles. The van der Waals surface area contributed by atoms with Crippen molar-refractivity contribution < 1.29 is 14.3 Å². The van der Waals surface area contributed by atoms with Gasteiger partial charge in [-0.25, -0.2) is 10.4 Å². The molecule has 0 unspecified atom stereocenters. The Hall–Kier alpha value is -4.99. The highest BCUT2D eigenvalue weighted by molar-refractivity contribution is 7.14. The lowest BCUT2D eigenvalue weighted by atomic mass is 10.1. The van der Waals surface area contributed by atoms with Crippen molar-refractivity contribution in [3.8, 4) is 17.0 Å². The van der Waals surface area contributed by atoms with Crippen molar-refractivity contribution in [3.05, 3.63) is 124 Å². The van der Waals surface area contributed by atoms with Crippen LogP contribution in [-0.4, -0.2) is 29.6 Å². The summed E-state index contributed by atoms with van der Waals surface area (Å²) in [6.07, 6.45) is 1.48. The molecule has 0 aliphatic heterocycles. The van der Waals surface area contributed by atoms with Crippen LogP contribution in [0.5, 0.6) is 5.75 Å². The lowest BCUT2D eigenvalue weighted by molar-refractivity contribution is -0.118. The highest BCUT2D eigenvalue weighted by atomic mass is 35.5. The Morgan fingerprint density at radius 2 is 1.67 bits per heavy atom. The zero-order chi connectivity index (χ0) is 30.2. The largest absolute Gasteiger partial charge is 0.483 e. The average Bonchev–Trinajstić information content (AvgIpc) is 3.48. The highest BCUT2D eigenvalue weighted by Crippen LogP contribution is 2.28. The first-order valence-electron chi connectivity index (χ1n) is 13.3. The van der Waals surface area contributed by atoms with E-state index in [1.807, 2.05) is 79.9 Å². The van der Waals surface area contributed by atoms with Crippen LogP contribution in [0.15, 0.2) is 101 Å². The summed E-state index contributed by atoms with van der Waals surface area (Å²) in [5, 5.41) is 13.6. The number of anilines is 3. The third kappa shape index (κ3) is 8.06. The number of carbonyl (C=O) groups is 2. The summed E-state index contributed by atoms with van der Waals surface area (Å²) < 4.78 is 5.73. The molecule has 0 saturated heterocycles. The lowest BCUT2D eigenvalue weighted by Gasteiger charge is -2.10. The number of hydrogen-bond donors (Lipinski definition) is 3. The second-order valence-corrected chi connectivity index (χ2v) is 10.9. The number of nitrogens with one attached hydrogen (secondary N) is 3. The third-order valence-electron chi connectivity index (χ3n) is 6.48. The Kier molecular flexibility index (Phi) is 9.46. The van der Waals surface area contributed by atoms with E-state index in [0.717, 1.165) is 33.2 Å². The summed E-state index contributed by atoms with van der Waals surface area (Å²) >= 11 is 7.43. The molecule has 0 aliphatic rings. The van der Waals surface area contributed by atoms with E-state index in [1.165, 1.54) is 17.6 Å². The van der Waals surface area contributed by atoms with Crippen molar-refractivity contribution in [2.24, 2.45) is 5.10 Å². The number of amides is 2. The van der Waals surface area contributed by atoms with Crippen LogP contribution in [0.25, 0.3) is 11.3 Å². The average molecular weight is 610 g/mol. The van der Waals surface area contributed by atoms with E-state index < -0.39 is 0 Å². The number of hydrogen-bond acceptors (Lipinski definition) is 7. The molecule has 43 heavy (non-hydrogen) atoms. The first kappa shape index (κ1) is 29.5.